The number of aryl methyl sites for hydroxylation is 2. The predicted octanol–water partition coefficient (Wildman–Crippen LogP) is 3.53. The van der Waals surface area contributed by atoms with Crippen molar-refractivity contribution in [1.29, 1.82) is 0 Å². The Balaban J connectivity index is 1.68. The summed E-state index contributed by atoms with van der Waals surface area (Å²) in [5.41, 5.74) is 3.59. The van der Waals surface area contributed by atoms with Crippen LogP contribution in [0.3, 0.4) is 0 Å². The van der Waals surface area contributed by atoms with Gasteiger partial charge < -0.3 is 14.7 Å². The second-order valence-corrected chi connectivity index (χ2v) is 6.15. The van der Waals surface area contributed by atoms with Crippen LogP contribution in [0.5, 0.6) is 0 Å². The Bertz CT molecular complexity index is 1130. The molecule has 0 bridgehead atoms. The van der Waals surface area contributed by atoms with E-state index in [4.69, 9.17) is 16.0 Å². The molecule has 0 atom stereocenters. The number of imidazole rings is 1. The van der Waals surface area contributed by atoms with Crippen molar-refractivity contribution in [3.63, 3.8) is 0 Å². The van der Waals surface area contributed by atoms with Crippen molar-refractivity contribution < 1.29 is 9.21 Å². The third-order valence-electron chi connectivity index (χ3n) is 3.67. The van der Waals surface area contributed by atoms with Gasteiger partial charge in [0.25, 0.3) is 0 Å². The van der Waals surface area contributed by atoms with E-state index in [1.165, 1.54) is 0 Å². The summed E-state index contributed by atoms with van der Waals surface area (Å²) in [7, 11) is 0. The molecule has 1 amide bonds. The Morgan fingerprint density at radius 3 is 2.85 bits per heavy atom. The molecule has 0 saturated carbocycles. The van der Waals surface area contributed by atoms with E-state index < -0.39 is 5.91 Å². The molecule has 0 unspecified atom stereocenters. The number of carbonyl (C=O) groups is 1. The minimum Gasteiger partial charge on any atom is -0.417 e. The van der Waals surface area contributed by atoms with Crippen molar-refractivity contribution in [2.24, 2.45) is 0 Å². The quantitative estimate of drug-likeness (QED) is 0.572. The molecular formula is C17H13ClN6O2. The van der Waals surface area contributed by atoms with Crippen LogP contribution in [0.2, 0.25) is 5.02 Å². The van der Waals surface area contributed by atoms with E-state index in [-0.39, 0.29) is 5.89 Å². The molecule has 4 aromatic rings. The van der Waals surface area contributed by atoms with Gasteiger partial charge in [-0.05, 0) is 36.8 Å². The number of rotatable bonds is 3. The number of hydrogen-bond donors (Lipinski definition) is 2. The van der Waals surface area contributed by atoms with Crippen molar-refractivity contribution >= 4 is 34.4 Å². The standard InChI is InChI=1S/C17H13ClN6O2/c1-8-5-13-15(19-7-8)22-14(21-13)11-6-10(3-4-12(11)18)20-16(25)17-24-23-9(2)26-17/h3-7H,1-2H3,(H,20,25)(H,19,21,22). The summed E-state index contributed by atoms with van der Waals surface area (Å²) in [6.45, 7) is 3.57. The van der Waals surface area contributed by atoms with Gasteiger partial charge in [-0.15, -0.1) is 10.2 Å². The fraction of sp³-hybridized carbons (Fsp3) is 0.118. The van der Waals surface area contributed by atoms with Gasteiger partial charge in [0.2, 0.25) is 5.89 Å². The summed E-state index contributed by atoms with van der Waals surface area (Å²) in [6.07, 6.45) is 1.75. The second kappa shape index (κ2) is 6.23. The lowest BCUT2D eigenvalue weighted by molar-refractivity contribution is 0.0989. The Morgan fingerprint density at radius 2 is 2.08 bits per heavy atom. The van der Waals surface area contributed by atoms with Crippen molar-refractivity contribution in [2.45, 2.75) is 13.8 Å². The number of nitrogens with zero attached hydrogens (tertiary/aromatic N) is 4. The fourth-order valence-corrected chi connectivity index (χ4v) is 2.70. The van der Waals surface area contributed by atoms with Gasteiger partial charge in [0.15, 0.2) is 5.65 Å². The zero-order valence-electron chi connectivity index (χ0n) is 13.9. The van der Waals surface area contributed by atoms with Crippen LogP contribution in [-0.4, -0.2) is 31.1 Å². The van der Waals surface area contributed by atoms with Crippen LogP contribution < -0.4 is 5.32 Å². The first-order valence-electron chi connectivity index (χ1n) is 7.73. The highest BCUT2D eigenvalue weighted by Crippen LogP contribution is 2.30. The summed E-state index contributed by atoms with van der Waals surface area (Å²) in [5.74, 6) is 0.271. The maximum Gasteiger partial charge on any atom is 0.313 e. The second-order valence-electron chi connectivity index (χ2n) is 5.74. The molecule has 0 radical (unpaired) electrons. The van der Waals surface area contributed by atoms with Crippen LogP contribution in [0.4, 0.5) is 5.69 Å². The van der Waals surface area contributed by atoms with E-state index in [9.17, 15) is 4.79 Å². The van der Waals surface area contributed by atoms with E-state index in [0.29, 0.717) is 33.6 Å². The fourth-order valence-electron chi connectivity index (χ4n) is 2.49. The van der Waals surface area contributed by atoms with E-state index in [1.54, 1.807) is 31.3 Å². The van der Waals surface area contributed by atoms with Crippen molar-refractivity contribution in [3.8, 4) is 11.4 Å². The van der Waals surface area contributed by atoms with Crippen molar-refractivity contribution in [3.05, 3.63) is 52.8 Å². The lowest BCUT2D eigenvalue weighted by Gasteiger charge is -2.06. The van der Waals surface area contributed by atoms with Gasteiger partial charge in [-0.1, -0.05) is 11.6 Å². The molecule has 3 aromatic heterocycles. The number of carbonyl (C=O) groups excluding carboxylic acids is 1. The average Bonchev–Trinajstić information content (AvgIpc) is 3.22. The summed E-state index contributed by atoms with van der Waals surface area (Å²) >= 11 is 6.31. The largest absolute Gasteiger partial charge is 0.417 e. The van der Waals surface area contributed by atoms with Crippen molar-refractivity contribution in [1.82, 2.24) is 25.1 Å². The molecule has 130 valence electrons. The van der Waals surface area contributed by atoms with Gasteiger partial charge in [0, 0.05) is 24.4 Å². The summed E-state index contributed by atoms with van der Waals surface area (Å²) in [5, 5.41) is 10.5. The zero-order chi connectivity index (χ0) is 18.3. The highest BCUT2D eigenvalue weighted by molar-refractivity contribution is 6.33. The first kappa shape index (κ1) is 16.2. The number of aromatic amines is 1. The van der Waals surface area contributed by atoms with E-state index >= 15 is 0 Å². The van der Waals surface area contributed by atoms with E-state index in [0.717, 1.165) is 11.1 Å². The van der Waals surface area contributed by atoms with Gasteiger partial charge in [0.1, 0.15) is 5.82 Å². The molecule has 2 N–H and O–H groups in total. The molecule has 3 heterocycles. The molecule has 0 spiro atoms. The van der Waals surface area contributed by atoms with Gasteiger partial charge >= 0.3 is 11.8 Å². The lowest BCUT2D eigenvalue weighted by atomic mass is 10.2. The highest BCUT2D eigenvalue weighted by Gasteiger charge is 2.16. The number of aromatic nitrogens is 5. The zero-order valence-corrected chi connectivity index (χ0v) is 14.6. The van der Waals surface area contributed by atoms with Gasteiger partial charge in [0.05, 0.1) is 10.5 Å². The Morgan fingerprint density at radius 1 is 1.23 bits per heavy atom. The van der Waals surface area contributed by atoms with Crippen LogP contribution in [0.25, 0.3) is 22.6 Å². The number of benzene rings is 1. The minimum atomic E-state index is -0.499. The molecule has 9 heteroatoms. The first-order valence-corrected chi connectivity index (χ1v) is 8.11. The SMILES string of the molecule is Cc1cnc2nc(-c3cc(NC(=O)c4nnc(C)o4)ccc3Cl)[nH]c2c1. The molecule has 0 aliphatic carbocycles. The third kappa shape index (κ3) is 3.02. The van der Waals surface area contributed by atoms with Gasteiger partial charge in [-0.25, -0.2) is 9.97 Å². The number of fused-ring (bicyclic) bond motifs is 1. The number of H-pyrrole nitrogens is 1. The average molecular weight is 369 g/mol. The summed E-state index contributed by atoms with van der Waals surface area (Å²) in [6, 6.07) is 7.03. The van der Waals surface area contributed by atoms with E-state index in [1.807, 2.05) is 13.0 Å². The van der Waals surface area contributed by atoms with Crippen LogP contribution in [0, 0.1) is 13.8 Å². The van der Waals surface area contributed by atoms with Crippen LogP contribution >= 0.6 is 11.6 Å². The summed E-state index contributed by atoms with van der Waals surface area (Å²) < 4.78 is 5.12. The first-order chi connectivity index (χ1) is 12.5. The van der Waals surface area contributed by atoms with Crippen LogP contribution in [0.1, 0.15) is 22.1 Å². The molecule has 0 fully saturated rings. The lowest BCUT2D eigenvalue weighted by Crippen LogP contribution is -2.12. The van der Waals surface area contributed by atoms with Gasteiger partial charge in [-0.3, -0.25) is 4.79 Å². The third-order valence-corrected chi connectivity index (χ3v) is 4.00. The molecule has 1 aromatic carbocycles. The van der Waals surface area contributed by atoms with Crippen LogP contribution in [-0.2, 0) is 0 Å². The molecule has 8 nitrogen and oxygen atoms in total. The monoisotopic (exact) mass is 368 g/mol. The molecule has 0 aliphatic rings. The molecule has 0 aliphatic heterocycles. The summed E-state index contributed by atoms with van der Waals surface area (Å²) in [4.78, 5) is 24.1. The number of anilines is 1. The topological polar surface area (TPSA) is 110 Å². The number of halogens is 1. The predicted molar refractivity (Wildman–Crippen MR) is 96.1 cm³/mol. The number of nitrogens with one attached hydrogen (secondary N) is 2. The minimum absolute atomic E-state index is 0.109. The Kier molecular flexibility index (Phi) is 3.89. The number of pyridine rings is 1. The molecule has 26 heavy (non-hydrogen) atoms. The number of hydrogen-bond acceptors (Lipinski definition) is 6. The van der Waals surface area contributed by atoms with Gasteiger partial charge in [-0.2, -0.15) is 0 Å². The molecule has 4 rings (SSSR count). The van der Waals surface area contributed by atoms with E-state index in [2.05, 4.69) is 30.5 Å². The molecular weight excluding hydrogens is 356 g/mol. The molecule has 0 saturated heterocycles. The maximum atomic E-state index is 12.2. The van der Waals surface area contributed by atoms with Crippen LogP contribution in [0.15, 0.2) is 34.9 Å². The van der Waals surface area contributed by atoms with Crippen molar-refractivity contribution in [2.75, 3.05) is 5.32 Å². The highest BCUT2D eigenvalue weighted by atomic mass is 35.5. The maximum absolute atomic E-state index is 12.2. The normalized spacial score (nSPS) is 11.0. The number of amides is 1. The Hall–Kier alpha value is -3.26. The smallest absolute Gasteiger partial charge is 0.313 e. The Labute approximate surface area is 152 Å².